The lowest BCUT2D eigenvalue weighted by molar-refractivity contribution is 0.242. The second-order valence-electron chi connectivity index (χ2n) is 2.97. The first-order valence-electron chi connectivity index (χ1n) is 3.92. The number of ether oxygens (including phenoxy) is 1. The van der Waals surface area contributed by atoms with Crippen LogP contribution in [0.25, 0.3) is 0 Å². The number of anilines is 1. The summed E-state index contributed by atoms with van der Waals surface area (Å²) >= 11 is 0. The van der Waals surface area contributed by atoms with Crippen LogP contribution in [0.5, 0.6) is 5.75 Å². The molecule has 0 radical (unpaired) electrons. The smallest absolute Gasteiger partial charge is 0.152 e. The minimum Gasteiger partial charge on any atom is -0.489 e. The van der Waals surface area contributed by atoms with E-state index in [4.69, 9.17) is 10.5 Å². The van der Waals surface area contributed by atoms with Gasteiger partial charge in [0, 0.05) is 12.1 Å². The Morgan fingerprint density at radius 2 is 1.92 bits per heavy atom. The molecule has 0 spiro atoms. The van der Waals surface area contributed by atoms with Gasteiger partial charge in [0.25, 0.3) is 0 Å². The molecular weight excluding hydrogens is 176 g/mol. The molecule has 13 heavy (non-hydrogen) atoms. The zero-order valence-corrected chi connectivity index (χ0v) is 7.47. The maximum Gasteiger partial charge on any atom is 0.152 e. The first-order chi connectivity index (χ1) is 6.00. The van der Waals surface area contributed by atoms with Crippen molar-refractivity contribution < 1.29 is 13.5 Å². The van der Waals surface area contributed by atoms with Gasteiger partial charge >= 0.3 is 0 Å². The summed E-state index contributed by atoms with van der Waals surface area (Å²) in [6, 6.07) is 1.79. The van der Waals surface area contributed by atoms with Crippen molar-refractivity contribution in [1.82, 2.24) is 0 Å². The highest BCUT2D eigenvalue weighted by atomic mass is 19.1. The van der Waals surface area contributed by atoms with Crippen LogP contribution in [0.3, 0.4) is 0 Å². The molecule has 0 aromatic heterocycles. The van der Waals surface area contributed by atoms with Crippen LogP contribution in [-0.4, -0.2) is 6.10 Å². The topological polar surface area (TPSA) is 35.2 Å². The third-order valence-electron chi connectivity index (χ3n) is 1.42. The predicted octanol–water partition coefficient (Wildman–Crippen LogP) is 2.33. The van der Waals surface area contributed by atoms with Gasteiger partial charge < -0.3 is 10.5 Å². The van der Waals surface area contributed by atoms with E-state index in [2.05, 4.69) is 0 Å². The van der Waals surface area contributed by atoms with Crippen LogP contribution in [-0.2, 0) is 0 Å². The average Bonchev–Trinajstić information content (AvgIpc) is 1.98. The van der Waals surface area contributed by atoms with Crippen molar-refractivity contribution in [3.05, 3.63) is 23.8 Å². The van der Waals surface area contributed by atoms with Crippen molar-refractivity contribution in [2.75, 3.05) is 5.73 Å². The molecule has 0 aliphatic carbocycles. The van der Waals surface area contributed by atoms with Crippen LogP contribution in [0.2, 0.25) is 0 Å². The standard InChI is InChI=1S/C9H11F2NO/c1-5(2)13-8-4-6(10)3-7(11)9(8)12/h3-5H,12H2,1-2H3. The lowest BCUT2D eigenvalue weighted by atomic mass is 10.2. The summed E-state index contributed by atoms with van der Waals surface area (Å²) < 4.78 is 30.6. The largest absolute Gasteiger partial charge is 0.489 e. The average molecular weight is 187 g/mol. The molecular formula is C9H11F2NO. The van der Waals surface area contributed by atoms with Gasteiger partial charge in [0.1, 0.15) is 17.3 Å². The fourth-order valence-electron chi connectivity index (χ4n) is 0.913. The second kappa shape index (κ2) is 3.60. The molecule has 0 aliphatic rings. The van der Waals surface area contributed by atoms with Gasteiger partial charge in [-0.2, -0.15) is 0 Å². The Labute approximate surface area is 75.3 Å². The normalized spacial score (nSPS) is 10.5. The number of hydrogen-bond acceptors (Lipinski definition) is 2. The molecule has 0 unspecified atom stereocenters. The van der Waals surface area contributed by atoms with Crippen LogP contribution >= 0.6 is 0 Å². The lowest BCUT2D eigenvalue weighted by Gasteiger charge is -2.12. The van der Waals surface area contributed by atoms with E-state index in [0.717, 1.165) is 12.1 Å². The number of rotatable bonds is 2. The third-order valence-corrected chi connectivity index (χ3v) is 1.42. The predicted molar refractivity (Wildman–Crippen MR) is 46.5 cm³/mol. The van der Waals surface area contributed by atoms with Gasteiger partial charge in [-0.3, -0.25) is 0 Å². The highest BCUT2D eigenvalue weighted by Gasteiger charge is 2.10. The van der Waals surface area contributed by atoms with Crippen LogP contribution < -0.4 is 10.5 Å². The zero-order valence-electron chi connectivity index (χ0n) is 7.47. The van der Waals surface area contributed by atoms with E-state index in [1.54, 1.807) is 13.8 Å². The lowest BCUT2D eigenvalue weighted by Crippen LogP contribution is -2.08. The Morgan fingerprint density at radius 3 is 2.46 bits per heavy atom. The maximum absolute atomic E-state index is 12.8. The summed E-state index contributed by atoms with van der Waals surface area (Å²) in [6.07, 6.45) is -0.163. The maximum atomic E-state index is 12.8. The molecule has 1 rings (SSSR count). The van der Waals surface area contributed by atoms with Gasteiger partial charge in [0.15, 0.2) is 5.82 Å². The highest BCUT2D eigenvalue weighted by Crippen LogP contribution is 2.26. The highest BCUT2D eigenvalue weighted by molar-refractivity contribution is 5.53. The number of halogens is 2. The summed E-state index contributed by atoms with van der Waals surface area (Å²) in [5.74, 6) is -1.44. The van der Waals surface area contributed by atoms with Gasteiger partial charge in [-0.1, -0.05) is 0 Å². The summed E-state index contributed by atoms with van der Waals surface area (Å²) in [4.78, 5) is 0. The zero-order chi connectivity index (χ0) is 10.0. The molecule has 0 bridgehead atoms. The van der Waals surface area contributed by atoms with Gasteiger partial charge in [-0.05, 0) is 13.8 Å². The Kier molecular flexibility index (Phi) is 2.70. The fraction of sp³-hybridized carbons (Fsp3) is 0.333. The molecule has 0 atom stereocenters. The molecule has 0 fully saturated rings. The monoisotopic (exact) mass is 187 g/mol. The number of benzene rings is 1. The molecule has 0 aliphatic heterocycles. The Morgan fingerprint density at radius 1 is 1.31 bits per heavy atom. The number of nitrogens with two attached hydrogens (primary N) is 1. The molecule has 2 N–H and O–H groups in total. The van der Waals surface area contributed by atoms with Crippen molar-refractivity contribution in [1.29, 1.82) is 0 Å². The molecule has 0 heterocycles. The van der Waals surface area contributed by atoms with E-state index >= 15 is 0 Å². The first kappa shape index (κ1) is 9.77. The molecule has 72 valence electrons. The molecule has 4 heteroatoms. The molecule has 0 saturated heterocycles. The molecule has 2 nitrogen and oxygen atoms in total. The number of nitrogen functional groups attached to an aromatic ring is 1. The quantitative estimate of drug-likeness (QED) is 0.721. The van der Waals surface area contributed by atoms with Gasteiger partial charge in [0.05, 0.1) is 6.10 Å². The fourth-order valence-corrected chi connectivity index (χ4v) is 0.913. The van der Waals surface area contributed by atoms with Crippen molar-refractivity contribution in [3.8, 4) is 5.75 Å². The minimum atomic E-state index is -0.796. The van der Waals surface area contributed by atoms with Gasteiger partial charge in [0.2, 0.25) is 0 Å². The molecule has 1 aromatic rings. The van der Waals surface area contributed by atoms with Crippen LogP contribution in [0, 0.1) is 11.6 Å². The van der Waals surface area contributed by atoms with Gasteiger partial charge in [-0.15, -0.1) is 0 Å². The SMILES string of the molecule is CC(C)Oc1cc(F)cc(F)c1N. The third kappa shape index (κ3) is 2.31. The first-order valence-corrected chi connectivity index (χ1v) is 3.92. The summed E-state index contributed by atoms with van der Waals surface area (Å²) in [5, 5.41) is 0. The Bertz CT molecular complexity index is 313. The summed E-state index contributed by atoms with van der Waals surface area (Å²) in [6.45, 7) is 3.50. The van der Waals surface area contributed by atoms with E-state index in [9.17, 15) is 8.78 Å². The Balaban J connectivity index is 3.05. The minimum absolute atomic E-state index is 0.0486. The van der Waals surface area contributed by atoms with E-state index < -0.39 is 11.6 Å². The summed E-state index contributed by atoms with van der Waals surface area (Å²) in [5.41, 5.74) is 5.18. The summed E-state index contributed by atoms with van der Waals surface area (Å²) in [7, 11) is 0. The second-order valence-corrected chi connectivity index (χ2v) is 2.97. The van der Waals surface area contributed by atoms with Crippen molar-refractivity contribution >= 4 is 5.69 Å². The van der Waals surface area contributed by atoms with Crippen LogP contribution in [0.15, 0.2) is 12.1 Å². The van der Waals surface area contributed by atoms with E-state index in [-0.39, 0.29) is 17.5 Å². The Hall–Kier alpha value is -1.32. The molecule has 1 aromatic carbocycles. The van der Waals surface area contributed by atoms with Crippen molar-refractivity contribution in [3.63, 3.8) is 0 Å². The van der Waals surface area contributed by atoms with E-state index in [0.29, 0.717) is 0 Å². The van der Waals surface area contributed by atoms with Crippen LogP contribution in [0.4, 0.5) is 14.5 Å². The van der Waals surface area contributed by atoms with Crippen molar-refractivity contribution in [2.24, 2.45) is 0 Å². The van der Waals surface area contributed by atoms with Crippen LogP contribution in [0.1, 0.15) is 13.8 Å². The van der Waals surface area contributed by atoms with Crippen molar-refractivity contribution in [2.45, 2.75) is 20.0 Å². The number of hydrogen-bond donors (Lipinski definition) is 1. The molecule has 0 amide bonds. The molecule has 0 saturated carbocycles. The van der Waals surface area contributed by atoms with E-state index in [1.165, 1.54) is 0 Å². The van der Waals surface area contributed by atoms with E-state index in [1.807, 2.05) is 0 Å². The van der Waals surface area contributed by atoms with Gasteiger partial charge in [-0.25, -0.2) is 8.78 Å².